The van der Waals surface area contributed by atoms with E-state index in [0.717, 1.165) is 0 Å². The Kier molecular flexibility index (Phi) is 6.09. The molecule has 0 aliphatic rings. The average molecular weight is 190 g/mol. The normalized spacial score (nSPS) is 12.2. The molecular weight excluding hydrogens is 176 g/mol. The number of ether oxygens (including phenoxy) is 3. The zero-order valence-corrected chi connectivity index (χ0v) is 8.03. The first-order valence-electron chi connectivity index (χ1n) is 3.83. The third kappa shape index (κ3) is 6.24. The van der Waals surface area contributed by atoms with Crippen LogP contribution < -0.4 is 0 Å². The molecule has 0 radical (unpaired) electrons. The van der Waals surface area contributed by atoms with Gasteiger partial charge < -0.3 is 14.2 Å². The van der Waals surface area contributed by atoms with E-state index in [-0.39, 0.29) is 18.8 Å². The zero-order valence-electron chi connectivity index (χ0n) is 8.03. The van der Waals surface area contributed by atoms with Crippen molar-refractivity contribution in [2.75, 3.05) is 20.8 Å². The van der Waals surface area contributed by atoms with Crippen molar-refractivity contribution in [2.24, 2.45) is 0 Å². The maximum Gasteiger partial charge on any atom is 0.313 e. The predicted molar refractivity (Wildman–Crippen MR) is 44.1 cm³/mol. The summed E-state index contributed by atoms with van der Waals surface area (Å²) in [5.74, 6) is -0.880. The first kappa shape index (κ1) is 12.1. The molecule has 0 aliphatic heterocycles. The van der Waals surface area contributed by atoms with Gasteiger partial charge in [0.15, 0.2) is 12.1 Å². The van der Waals surface area contributed by atoms with Gasteiger partial charge in [0, 0.05) is 7.11 Å². The molecule has 0 aromatic rings. The summed E-state index contributed by atoms with van der Waals surface area (Å²) in [4.78, 5) is 21.6. The summed E-state index contributed by atoms with van der Waals surface area (Å²) in [7, 11) is 2.70. The highest BCUT2D eigenvalue weighted by Gasteiger charge is 2.10. The molecule has 0 aliphatic carbocycles. The molecule has 5 heteroatoms. The lowest BCUT2D eigenvalue weighted by molar-refractivity contribution is -0.150. The van der Waals surface area contributed by atoms with Gasteiger partial charge in [-0.15, -0.1) is 0 Å². The summed E-state index contributed by atoms with van der Waals surface area (Å²) in [5, 5.41) is 0. The maximum atomic E-state index is 11.0. The monoisotopic (exact) mass is 190 g/mol. The van der Waals surface area contributed by atoms with E-state index < -0.39 is 12.3 Å². The largest absolute Gasteiger partial charge is 0.469 e. The highest BCUT2D eigenvalue weighted by atomic mass is 16.7. The lowest BCUT2D eigenvalue weighted by Gasteiger charge is -2.09. The molecule has 1 atom stereocenters. The molecule has 0 N–H and O–H groups in total. The minimum Gasteiger partial charge on any atom is -0.469 e. The van der Waals surface area contributed by atoms with Crippen LogP contribution in [-0.2, 0) is 23.8 Å². The number of rotatable bonds is 6. The molecule has 0 fully saturated rings. The molecule has 13 heavy (non-hydrogen) atoms. The topological polar surface area (TPSA) is 61.8 Å². The fourth-order valence-corrected chi connectivity index (χ4v) is 0.563. The second-order valence-electron chi connectivity index (χ2n) is 2.41. The molecule has 76 valence electrons. The van der Waals surface area contributed by atoms with Crippen LogP contribution in [0.3, 0.4) is 0 Å². The van der Waals surface area contributed by atoms with Gasteiger partial charge in [0.05, 0.1) is 7.11 Å². The minimum atomic E-state index is -0.557. The van der Waals surface area contributed by atoms with E-state index in [4.69, 9.17) is 9.47 Å². The summed E-state index contributed by atoms with van der Waals surface area (Å²) < 4.78 is 14.0. The summed E-state index contributed by atoms with van der Waals surface area (Å²) in [5.41, 5.74) is 0. The van der Waals surface area contributed by atoms with E-state index in [9.17, 15) is 9.59 Å². The number of hydrogen-bond donors (Lipinski definition) is 0. The highest BCUT2D eigenvalue weighted by Crippen LogP contribution is 1.93. The Hall–Kier alpha value is -0.940. The van der Waals surface area contributed by atoms with Crippen molar-refractivity contribution in [1.29, 1.82) is 0 Å². The molecule has 5 nitrogen and oxygen atoms in total. The molecule has 0 heterocycles. The van der Waals surface area contributed by atoms with Crippen molar-refractivity contribution in [1.82, 2.24) is 0 Å². The molecule has 0 bridgehead atoms. The fraction of sp³-hybridized carbons (Fsp3) is 0.750. The number of Topliss-reactive ketones (excluding diaryl/α,β-unsaturated/α-hetero) is 1. The summed E-state index contributed by atoms with van der Waals surface area (Å²) >= 11 is 0. The van der Waals surface area contributed by atoms with Crippen LogP contribution in [-0.4, -0.2) is 38.9 Å². The second kappa shape index (κ2) is 6.56. The summed E-state index contributed by atoms with van der Waals surface area (Å²) in [6.45, 7) is 1.52. The lowest BCUT2D eigenvalue weighted by Crippen LogP contribution is -2.19. The van der Waals surface area contributed by atoms with Gasteiger partial charge in [-0.1, -0.05) is 0 Å². The van der Waals surface area contributed by atoms with Crippen LogP contribution >= 0.6 is 0 Å². The van der Waals surface area contributed by atoms with E-state index >= 15 is 0 Å². The molecule has 0 rings (SSSR count). The van der Waals surface area contributed by atoms with Crippen molar-refractivity contribution in [2.45, 2.75) is 19.6 Å². The fourth-order valence-electron chi connectivity index (χ4n) is 0.563. The van der Waals surface area contributed by atoms with Crippen molar-refractivity contribution in [3.05, 3.63) is 0 Å². The molecule has 0 saturated heterocycles. The second-order valence-corrected chi connectivity index (χ2v) is 2.41. The lowest BCUT2D eigenvalue weighted by atomic mass is 10.3. The molecule has 0 saturated carbocycles. The molecular formula is C8H14O5. The van der Waals surface area contributed by atoms with Crippen LogP contribution in [0.4, 0.5) is 0 Å². The van der Waals surface area contributed by atoms with Gasteiger partial charge in [-0.3, -0.25) is 9.59 Å². The standard InChI is InChI=1S/C8H14O5/c1-6(11-2)13-5-7(9)4-8(10)12-3/h6H,4-5H2,1-3H3. The number of hydrogen-bond acceptors (Lipinski definition) is 5. The predicted octanol–water partition coefficient (Wildman–Crippen LogP) is 0.128. The number of ketones is 1. The van der Waals surface area contributed by atoms with E-state index in [2.05, 4.69) is 4.74 Å². The first-order chi connectivity index (χ1) is 6.10. The minimum absolute atomic E-state index is 0.135. The molecule has 1 unspecified atom stereocenters. The van der Waals surface area contributed by atoms with Gasteiger partial charge in [-0.05, 0) is 6.92 Å². The summed E-state index contributed by atoms with van der Waals surface area (Å²) in [6, 6.07) is 0. The van der Waals surface area contributed by atoms with E-state index in [1.807, 2.05) is 0 Å². The van der Waals surface area contributed by atoms with E-state index in [1.165, 1.54) is 14.2 Å². The van der Waals surface area contributed by atoms with E-state index in [1.54, 1.807) is 6.92 Å². The van der Waals surface area contributed by atoms with Gasteiger partial charge >= 0.3 is 5.97 Å². The molecule has 0 aromatic heterocycles. The molecule has 0 amide bonds. The Morgan fingerprint density at radius 3 is 2.38 bits per heavy atom. The SMILES string of the molecule is COC(=O)CC(=O)COC(C)OC. The van der Waals surface area contributed by atoms with Crippen LogP contribution in [0.2, 0.25) is 0 Å². The van der Waals surface area contributed by atoms with Crippen LogP contribution in [0.25, 0.3) is 0 Å². The number of methoxy groups -OCH3 is 2. The maximum absolute atomic E-state index is 11.0. The Bertz CT molecular complexity index is 177. The van der Waals surface area contributed by atoms with Crippen molar-refractivity contribution < 1.29 is 23.8 Å². The number of carbonyl (C=O) groups excluding carboxylic acids is 2. The zero-order chi connectivity index (χ0) is 10.3. The van der Waals surface area contributed by atoms with Gasteiger partial charge in [-0.2, -0.15) is 0 Å². The van der Waals surface area contributed by atoms with Gasteiger partial charge in [0.2, 0.25) is 0 Å². The Labute approximate surface area is 77.0 Å². The third-order valence-corrected chi connectivity index (χ3v) is 1.38. The van der Waals surface area contributed by atoms with Crippen LogP contribution in [0.15, 0.2) is 0 Å². The Morgan fingerprint density at radius 2 is 1.92 bits per heavy atom. The van der Waals surface area contributed by atoms with Crippen LogP contribution in [0.5, 0.6) is 0 Å². The average Bonchev–Trinajstić information content (AvgIpc) is 2.13. The molecule has 0 spiro atoms. The molecule has 0 aromatic carbocycles. The smallest absolute Gasteiger partial charge is 0.313 e. The quantitative estimate of drug-likeness (QED) is 0.338. The van der Waals surface area contributed by atoms with E-state index in [0.29, 0.717) is 0 Å². The first-order valence-corrected chi connectivity index (χ1v) is 3.83. The van der Waals surface area contributed by atoms with Gasteiger partial charge in [-0.25, -0.2) is 0 Å². The van der Waals surface area contributed by atoms with Crippen molar-refractivity contribution in [3.63, 3.8) is 0 Å². The van der Waals surface area contributed by atoms with Crippen molar-refractivity contribution >= 4 is 11.8 Å². The number of esters is 1. The highest BCUT2D eigenvalue weighted by molar-refractivity contribution is 5.96. The van der Waals surface area contributed by atoms with Gasteiger partial charge in [0.25, 0.3) is 0 Å². The van der Waals surface area contributed by atoms with Crippen LogP contribution in [0, 0.1) is 0 Å². The van der Waals surface area contributed by atoms with Crippen LogP contribution in [0.1, 0.15) is 13.3 Å². The van der Waals surface area contributed by atoms with Crippen molar-refractivity contribution in [3.8, 4) is 0 Å². The third-order valence-electron chi connectivity index (χ3n) is 1.38. The summed E-state index contributed by atoms with van der Waals surface area (Å²) in [6.07, 6.45) is -0.700. The Balaban J connectivity index is 3.57. The number of carbonyl (C=O) groups is 2. The van der Waals surface area contributed by atoms with Gasteiger partial charge in [0.1, 0.15) is 13.0 Å². The Morgan fingerprint density at radius 1 is 1.31 bits per heavy atom.